The van der Waals surface area contributed by atoms with Gasteiger partial charge in [0.1, 0.15) is 0 Å². The first-order valence-corrected chi connectivity index (χ1v) is 17.3. The van der Waals surface area contributed by atoms with Crippen LogP contribution in [0.3, 0.4) is 0 Å². The Labute approximate surface area is 281 Å². The molecule has 0 amide bonds. The molecule has 0 bridgehead atoms. The number of rotatable bonds is 20. The van der Waals surface area contributed by atoms with Gasteiger partial charge in [-0.15, -0.1) is 0 Å². The molecule has 1 saturated heterocycles. The molecule has 3 aromatic rings. The average molecular weight is 644 g/mol. The molecule has 8 heteroatoms. The molecule has 47 heavy (non-hydrogen) atoms. The van der Waals surface area contributed by atoms with E-state index < -0.39 is 0 Å². The van der Waals surface area contributed by atoms with Gasteiger partial charge in [-0.25, -0.2) is 4.79 Å². The van der Waals surface area contributed by atoms with Crippen LogP contribution in [0.4, 0.5) is 5.69 Å². The number of nitrogens with zero attached hydrogens (tertiary/aromatic N) is 3. The molecule has 3 aromatic carbocycles. The third-order valence-corrected chi connectivity index (χ3v) is 8.72. The molecular weight excluding hydrogens is 590 g/mol. The van der Waals surface area contributed by atoms with Crippen molar-refractivity contribution in [3.05, 3.63) is 102 Å². The molecule has 8 nitrogen and oxygen atoms in total. The van der Waals surface area contributed by atoms with Crippen LogP contribution in [0, 0.1) is 0 Å². The number of methoxy groups -OCH3 is 1. The van der Waals surface area contributed by atoms with Gasteiger partial charge in [-0.2, -0.15) is 0 Å². The predicted molar refractivity (Wildman–Crippen MR) is 188 cm³/mol. The van der Waals surface area contributed by atoms with Crippen LogP contribution in [-0.4, -0.2) is 87.9 Å². The number of anilines is 1. The van der Waals surface area contributed by atoms with Crippen LogP contribution in [0.2, 0.25) is 0 Å². The summed E-state index contributed by atoms with van der Waals surface area (Å²) in [5, 5.41) is 0. The average Bonchev–Trinajstić information content (AvgIpc) is 3.12. The molecule has 1 heterocycles. The van der Waals surface area contributed by atoms with Crippen LogP contribution < -0.4 is 4.90 Å². The molecule has 4 rings (SSSR count). The lowest BCUT2D eigenvalue weighted by Gasteiger charge is -2.36. The Morgan fingerprint density at radius 3 is 2.19 bits per heavy atom. The molecule has 1 aliphatic heterocycles. The monoisotopic (exact) mass is 643 g/mol. The number of unbranched alkanes of at least 4 members (excludes halogenated alkanes) is 3. The molecule has 1 aliphatic rings. The summed E-state index contributed by atoms with van der Waals surface area (Å²) in [7, 11) is 1.40. The minimum atomic E-state index is -0.337. The van der Waals surface area contributed by atoms with Crippen molar-refractivity contribution < 1.29 is 23.8 Å². The zero-order valence-corrected chi connectivity index (χ0v) is 28.4. The lowest BCUT2D eigenvalue weighted by atomic mass is 10.1. The highest BCUT2D eigenvalue weighted by Gasteiger charge is 2.19. The predicted octanol–water partition coefficient (Wildman–Crippen LogP) is 6.76. The van der Waals surface area contributed by atoms with E-state index in [1.165, 1.54) is 24.8 Å². The van der Waals surface area contributed by atoms with Gasteiger partial charge in [0, 0.05) is 58.0 Å². The molecule has 1 unspecified atom stereocenters. The van der Waals surface area contributed by atoms with E-state index in [1.807, 2.05) is 37.3 Å². The summed E-state index contributed by atoms with van der Waals surface area (Å²) in [6.07, 6.45) is 5.36. The molecule has 0 radical (unpaired) electrons. The Morgan fingerprint density at radius 2 is 1.51 bits per heavy atom. The number of hydrogen-bond acceptors (Lipinski definition) is 8. The molecule has 1 fully saturated rings. The molecule has 1 atom stereocenters. The maximum absolute atomic E-state index is 11.9. The highest BCUT2D eigenvalue weighted by atomic mass is 16.5. The Kier molecular flexibility index (Phi) is 15.8. The highest BCUT2D eigenvalue weighted by molar-refractivity contribution is 5.89. The molecule has 0 spiro atoms. The van der Waals surface area contributed by atoms with Gasteiger partial charge in [0.05, 0.1) is 25.4 Å². The Bertz CT molecular complexity index is 1300. The van der Waals surface area contributed by atoms with Crippen molar-refractivity contribution in [2.24, 2.45) is 0 Å². The van der Waals surface area contributed by atoms with Crippen molar-refractivity contribution in [3.8, 4) is 0 Å². The Morgan fingerprint density at radius 1 is 0.809 bits per heavy atom. The molecule has 0 aliphatic carbocycles. The normalized spacial score (nSPS) is 14.2. The number of ether oxygens (including phenoxy) is 3. The summed E-state index contributed by atoms with van der Waals surface area (Å²) >= 11 is 0. The number of hydrogen-bond donors (Lipinski definition) is 0. The standard InChI is InChI=1S/C39H53N3O5/c1-3-46-38(43)19-11-13-25-41(31-33-20-22-35(23-21-33)39(44)45-2)32-37(34-15-7-4-8-16-34)47-30-14-6-12-24-40-26-28-42(29-27-40)36-17-9-5-10-18-36/h4-5,7-10,15-18,20-23,37H,3,6,11-14,19,24-32H2,1-2H3. The van der Waals surface area contributed by atoms with Crippen molar-refractivity contribution in [2.45, 2.75) is 58.1 Å². The number of piperazine rings is 1. The third kappa shape index (κ3) is 12.8. The number of esters is 2. The fourth-order valence-corrected chi connectivity index (χ4v) is 6.06. The van der Waals surface area contributed by atoms with Crippen LogP contribution in [0.15, 0.2) is 84.9 Å². The van der Waals surface area contributed by atoms with Gasteiger partial charge < -0.3 is 19.1 Å². The van der Waals surface area contributed by atoms with Crippen LogP contribution >= 0.6 is 0 Å². The summed E-state index contributed by atoms with van der Waals surface area (Å²) in [6, 6.07) is 28.8. The van der Waals surface area contributed by atoms with Crippen LogP contribution in [0.1, 0.15) is 73.0 Å². The summed E-state index contributed by atoms with van der Waals surface area (Å²) in [6.45, 7) is 10.8. The first-order chi connectivity index (χ1) is 23.1. The van der Waals surface area contributed by atoms with Crippen LogP contribution in [0.5, 0.6) is 0 Å². The van der Waals surface area contributed by atoms with E-state index in [4.69, 9.17) is 14.2 Å². The number of benzene rings is 3. The summed E-state index contributed by atoms with van der Waals surface area (Å²) in [4.78, 5) is 31.3. The van der Waals surface area contributed by atoms with E-state index in [0.717, 1.165) is 77.1 Å². The SMILES string of the molecule is CCOC(=O)CCCCN(Cc1ccc(C(=O)OC)cc1)CC(OCCCCCN1CCN(c2ccccc2)CC1)c1ccccc1. The lowest BCUT2D eigenvalue weighted by Crippen LogP contribution is -2.46. The van der Waals surface area contributed by atoms with E-state index >= 15 is 0 Å². The molecular formula is C39H53N3O5. The van der Waals surface area contributed by atoms with E-state index in [2.05, 4.69) is 69.3 Å². The molecule has 254 valence electrons. The van der Waals surface area contributed by atoms with Gasteiger partial charge in [-0.3, -0.25) is 14.6 Å². The zero-order chi connectivity index (χ0) is 33.1. The van der Waals surface area contributed by atoms with Gasteiger partial charge in [-0.1, -0.05) is 60.7 Å². The molecule has 0 aromatic heterocycles. The lowest BCUT2D eigenvalue weighted by molar-refractivity contribution is -0.143. The van der Waals surface area contributed by atoms with E-state index in [-0.39, 0.29) is 18.0 Å². The number of carbonyl (C=O) groups excluding carboxylic acids is 2. The topological polar surface area (TPSA) is 71.5 Å². The third-order valence-electron chi connectivity index (χ3n) is 8.72. The van der Waals surface area contributed by atoms with Crippen molar-refractivity contribution >= 4 is 17.6 Å². The first-order valence-electron chi connectivity index (χ1n) is 17.3. The highest BCUT2D eigenvalue weighted by Crippen LogP contribution is 2.22. The van der Waals surface area contributed by atoms with Gasteiger partial charge in [0.15, 0.2) is 0 Å². The van der Waals surface area contributed by atoms with E-state index in [9.17, 15) is 9.59 Å². The first kappa shape index (κ1) is 36.1. The van der Waals surface area contributed by atoms with Crippen LogP contribution in [0.25, 0.3) is 0 Å². The fraction of sp³-hybridized carbons (Fsp3) is 0.487. The largest absolute Gasteiger partial charge is 0.466 e. The summed E-state index contributed by atoms with van der Waals surface area (Å²) in [5.74, 6) is -0.479. The minimum Gasteiger partial charge on any atom is -0.466 e. The minimum absolute atomic E-state index is 0.0679. The van der Waals surface area contributed by atoms with Gasteiger partial charge >= 0.3 is 11.9 Å². The maximum atomic E-state index is 11.9. The van der Waals surface area contributed by atoms with E-state index in [0.29, 0.717) is 31.7 Å². The van der Waals surface area contributed by atoms with Crippen molar-refractivity contribution in [1.29, 1.82) is 0 Å². The van der Waals surface area contributed by atoms with Crippen molar-refractivity contribution in [1.82, 2.24) is 9.80 Å². The second-order valence-electron chi connectivity index (χ2n) is 12.2. The molecule has 0 saturated carbocycles. The van der Waals surface area contributed by atoms with Gasteiger partial charge in [0.25, 0.3) is 0 Å². The Balaban J connectivity index is 1.27. The van der Waals surface area contributed by atoms with Crippen LogP contribution in [-0.2, 0) is 25.5 Å². The second kappa shape index (κ2) is 20.5. The van der Waals surface area contributed by atoms with Gasteiger partial charge in [0.2, 0.25) is 0 Å². The summed E-state index contributed by atoms with van der Waals surface area (Å²) in [5.41, 5.74) is 4.14. The number of para-hydroxylation sites is 1. The van der Waals surface area contributed by atoms with E-state index in [1.54, 1.807) is 0 Å². The van der Waals surface area contributed by atoms with Gasteiger partial charge in [-0.05, 0) is 87.5 Å². The smallest absolute Gasteiger partial charge is 0.337 e. The zero-order valence-electron chi connectivity index (χ0n) is 28.4. The fourth-order valence-electron chi connectivity index (χ4n) is 6.06. The number of carbonyl (C=O) groups is 2. The molecule has 0 N–H and O–H groups in total. The quantitative estimate of drug-likeness (QED) is 0.0989. The Hall–Kier alpha value is -3.72. The van der Waals surface area contributed by atoms with Crippen molar-refractivity contribution in [3.63, 3.8) is 0 Å². The second-order valence-corrected chi connectivity index (χ2v) is 12.2. The van der Waals surface area contributed by atoms with Crippen molar-refractivity contribution in [2.75, 3.05) is 71.0 Å². The maximum Gasteiger partial charge on any atom is 0.337 e. The summed E-state index contributed by atoms with van der Waals surface area (Å²) < 4.78 is 16.6.